The molecule has 0 radical (unpaired) electrons. The number of rotatable bonds is 7. The number of amides is 2. The zero-order chi connectivity index (χ0) is 22.9. The first kappa shape index (κ1) is 23.6. The van der Waals surface area contributed by atoms with Gasteiger partial charge in [0.05, 0.1) is 0 Å². The molecule has 2 amide bonds. The highest BCUT2D eigenvalue weighted by molar-refractivity contribution is 5.86. The van der Waals surface area contributed by atoms with E-state index in [2.05, 4.69) is 31.4 Å². The summed E-state index contributed by atoms with van der Waals surface area (Å²) in [5.74, 6) is 1.41. The second kappa shape index (κ2) is 11.6. The van der Waals surface area contributed by atoms with Crippen molar-refractivity contribution >= 4 is 17.9 Å². The van der Waals surface area contributed by atoms with E-state index in [1.807, 2.05) is 48.5 Å². The number of carbonyl (C=O) groups excluding carboxylic acids is 2. The predicted octanol–water partition coefficient (Wildman–Crippen LogP) is 6.12. The van der Waals surface area contributed by atoms with Crippen LogP contribution in [0.5, 0.6) is 0 Å². The highest BCUT2D eigenvalue weighted by atomic mass is 16.6. The van der Waals surface area contributed by atoms with E-state index < -0.39 is 12.2 Å². The van der Waals surface area contributed by atoms with E-state index in [1.165, 1.54) is 6.42 Å². The van der Waals surface area contributed by atoms with Crippen LogP contribution in [0.25, 0.3) is 0 Å². The maximum atomic E-state index is 12.7. The molecule has 1 fully saturated rings. The minimum atomic E-state index is -0.512. The van der Waals surface area contributed by atoms with Crippen molar-refractivity contribution in [1.29, 1.82) is 0 Å². The molecular weight excluding hydrogens is 404 g/mol. The van der Waals surface area contributed by atoms with Crippen LogP contribution in [0.1, 0.15) is 51.2 Å². The van der Waals surface area contributed by atoms with Crippen molar-refractivity contribution in [2.75, 3.05) is 5.32 Å². The number of ether oxygens (including phenoxy) is 2. The first-order valence-corrected chi connectivity index (χ1v) is 11.4. The van der Waals surface area contributed by atoms with Gasteiger partial charge in [0.2, 0.25) is 0 Å². The quantitative estimate of drug-likeness (QED) is 0.546. The minimum absolute atomic E-state index is 0.0722. The summed E-state index contributed by atoms with van der Waals surface area (Å²) in [6.07, 6.45) is 2.13. The fraction of sp³-hybridized carbons (Fsp3) is 0.462. The van der Waals surface area contributed by atoms with Gasteiger partial charge in [-0.15, -0.1) is 0 Å². The van der Waals surface area contributed by atoms with Gasteiger partial charge in [-0.2, -0.15) is 0 Å². The lowest BCUT2D eigenvalue weighted by atomic mass is 9.75. The van der Waals surface area contributed by atoms with E-state index in [9.17, 15) is 9.59 Å². The van der Waals surface area contributed by atoms with Gasteiger partial charge in [0.1, 0.15) is 12.7 Å². The van der Waals surface area contributed by atoms with Gasteiger partial charge in [-0.25, -0.2) is 9.59 Å². The molecule has 3 atom stereocenters. The number of anilines is 1. The summed E-state index contributed by atoms with van der Waals surface area (Å²) in [4.78, 5) is 24.7. The predicted molar refractivity (Wildman–Crippen MR) is 125 cm³/mol. The van der Waals surface area contributed by atoms with Crippen LogP contribution >= 0.6 is 0 Å². The molecule has 32 heavy (non-hydrogen) atoms. The summed E-state index contributed by atoms with van der Waals surface area (Å²) in [7, 11) is 0. The number of alkyl carbamates (subject to hydrolysis) is 1. The maximum absolute atomic E-state index is 12.7. The van der Waals surface area contributed by atoms with Crippen LogP contribution in [0.2, 0.25) is 0 Å². The van der Waals surface area contributed by atoms with Crippen LogP contribution in [-0.2, 0) is 22.6 Å². The van der Waals surface area contributed by atoms with Gasteiger partial charge in [-0.1, -0.05) is 75.7 Å². The molecule has 2 aromatic carbocycles. The third-order valence-corrected chi connectivity index (χ3v) is 6.11. The zero-order valence-corrected chi connectivity index (χ0v) is 19.2. The molecule has 0 saturated heterocycles. The Labute approximate surface area is 190 Å². The Morgan fingerprint density at radius 1 is 1.00 bits per heavy atom. The molecule has 172 valence electrons. The topological polar surface area (TPSA) is 76.7 Å². The Bertz CT molecular complexity index is 884. The van der Waals surface area contributed by atoms with Gasteiger partial charge >= 0.3 is 12.2 Å². The summed E-state index contributed by atoms with van der Waals surface area (Å²) in [5.41, 5.74) is 2.31. The second-order valence-corrected chi connectivity index (χ2v) is 8.97. The molecule has 3 unspecified atom stereocenters. The molecule has 3 rings (SSSR count). The van der Waals surface area contributed by atoms with Crippen molar-refractivity contribution in [3.63, 3.8) is 0 Å². The standard InChI is InChI=1S/C26H34N2O4/c1-18(2)22-14-13-19(3)15-24(22)32-26(30)28-23-12-8-7-11-21(23)16-27-25(29)31-17-20-9-5-4-6-10-20/h4-12,18-19,22,24H,13-17H2,1-3H3,(H,27,29)(H,28,30). The van der Waals surface area contributed by atoms with Crippen LogP contribution < -0.4 is 10.6 Å². The summed E-state index contributed by atoms with van der Waals surface area (Å²) in [6.45, 7) is 7.02. The number of carbonyl (C=O) groups is 2. The molecule has 1 aliphatic rings. The molecule has 0 heterocycles. The summed E-state index contributed by atoms with van der Waals surface area (Å²) in [5, 5.41) is 5.60. The van der Waals surface area contributed by atoms with E-state index in [0.29, 0.717) is 23.4 Å². The van der Waals surface area contributed by atoms with Crippen molar-refractivity contribution in [3.05, 3.63) is 65.7 Å². The molecule has 0 aromatic heterocycles. The zero-order valence-electron chi connectivity index (χ0n) is 19.2. The molecule has 2 N–H and O–H groups in total. The lowest BCUT2D eigenvalue weighted by molar-refractivity contribution is 0.0126. The van der Waals surface area contributed by atoms with Crippen molar-refractivity contribution in [2.24, 2.45) is 17.8 Å². The fourth-order valence-corrected chi connectivity index (χ4v) is 4.27. The monoisotopic (exact) mass is 438 g/mol. The molecule has 6 heteroatoms. The number of para-hydroxylation sites is 1. The molecule has 0 spiro atoms. The van der Waals surface area contributed by atoms with Gasteiger partial charge in [0.25, 0.3) is 0 Å². The third kappa shape index (κ3) is 7.01. The maximum Gasteiger partial charge on any atom is 0.411 e. The largest absolute Gasteiger partial charge is 0.446 e. The van der Waals surface area contributed by atoms with Crippen LogP contribution in [0.3, 0.4) is 0 Å². The van der Waals surface area contributed by atoms with E-state index in [4.69, 9.17) is 9.47 Å². The molecular formula is C26H34N2O4. The smallest absolute Gasteiger partial charge is 0.411 e. The molecule has 1 aliphatic carbocycles. The van der Waals surface area contributed by atoms with Crippen molar-refractivity contribution < 1.29 is 19.1 Å². The average Bonchev–Trinajstić information content (AvgIpc) is 2.77. The molecule has 1 saturated carbocycles. The second-order valence-electron chi connectivity index (χ2n) is 8.97. The van der Waals surface area contributed by atoms with Crippen LogP contribution in [0.4, 0.5) is 15.3 Å². The van der Waals surface area contributed by atoms with Crippen molar-refractivity contribution in [2.45, 2.75) is 59.3 Å². The summed E-state index contributed by atoms with van der Waals surface area (Å²) < 4.78 is 11.1. The molecule has 2 aromatic rings. The number of hydrogen-bond acceptors (Lipinski definition) is 4. The van der Waals surface area contributed by atoms with E-state index in [0.717, 1.165) is 24.0 Å². The average molecular weight is 439 g/mol. The highest BCUT2D eigenvalue weighted by Crippen LogP contribution is 2.35. The molecule has 0 aliphatic heterocycles. The lowest BCUT2D eigenvalue weighted by Gasteiger charge is -2.36. The number of benzene rings is 2. The van der Waals surface area contributed by atoms with Crippen molar-refractivity contribution in [3.8, 4) is 0 Å². The Kier molecular flexibility index (Phi) is 8.54. The number of hydrogen-bond donors (Lipinski definition) is 2. The van der Waals surface area contributed by atoms with Gasteiger partial charge in [0.15, 0.2) is 0 Å². The Morgan fingerprint density at radius 3 is 2.47 bits per heavy atom. The minimum Gasteiger partial charge on any atom is -0.446 e. The van der Waals surface area contributed by atoms with E-state index >= 15 is 0 Å². The Balaban J connectivity index is 1.53. The van der Waals surface area contributed by atoms with Crippen LogP contribution in [0.15, 0.2) is 54.6 Å². The van der Waals surface area contributed by atoms with E-state index in [1.54, 1.807) is 6.07 Å². The van der Waals surface area contributed by atoms with Crippen LogP contribution in [-0.4, -0.2) is 18.3 Å². The van der Waals surface area contributed by atoms with Crippen molar-refractivity contribution in [1.82, 2.24) is 5.32 Å². The molecule has 6 nitrogen and oxygen atoms in total. The molecule has 0 bridgehead atoms. The normalized spacial score (nSPS) is 20.4. The van der Waals surface area contributed by atoms with Gasteiger partial charge in [-0.05, 0) is 47.8 Å². The lowest BCUT2D eigenvalue weighted by Crippen LogP contribution is -2.37. The van der Waals surface area contributed by atoms with E-state index in [-0.39, 0.29) is 19.3 Å². The van der Waals surface area contributed by atoms with Gasteiger partial charge < -0.3 is 14.8 Å². The first-order valence-electron chi connectivity index (χ1n) is 11.4. The third-order valence-electron chi connectivity index (χ3n) is 6.11. The SMILES string of the molecule is CC1CCC(C(C)C)C(OC(=O)Nc2ccccc2CNC(=O)OCc2ccccc2)C1. The van der Waals surface area contributed by atoms with Crippen LogP contribution in [0, 0.1) is 17.8 Å². The van der Waals surface area contributed by atoms with Gasteiger partial charge in [0, 0.05) is 12.2 Å². The summed E-state index contributed by atoms with van der Waals surface area (Å²) >= 11 is 0. The van der Waals surface area contributed by atoms with Gasteiger partial charge in [-0.3, -0.25) is 5.32 Å². The highest BCUT2D eigenvalue weighted by Gasteiger charge is 2.33. The fourth-order valence-electron chi connectivity index (χ4n) is 4.27. The Hall–Kier alpha value is -3.02. The first-order chi connectivity index (χ1) is 15.4. The Morgan fingerprint density at radius 2 is 1.72 bits per heavy atom. The summed E-state index contributed by atoms with van der Waals surface area (Å²) in [6, 6.07) is 16.9. The number of nitrogens with one attached hydrogen (secondary N) is 2.